The molecule has 1 aromatic rings. The lowest BCUT2D eigenvalue weighted by Gasteiger charge is -2.31. The smallest absolute Gasteiger partial charge is 0.206 e. The highest BCUT2D eigenvalue weighted by Crippen LogP contribution is 2.37. The molecular formula is C11H14BrCl2NO2S2. The van der Waals surface area contributed by atoms with Crippen LogP contribution in [0, 0.1) is 5.92 Å². The average molecular weight is 407 g/mol. The maximum absolute atomic E-state index is 12.5. The number of alkyl halides is 1. The highest BCUT2D eigenvalue weighted by atomic mass is 79.9. The number of rotatable bonds is 3. The number of halogens is 3. The second-order valence-electron chi connectivity index (χ2n) is 4.61. The van der Waals surface area contributed by atoms with Crippen molar-refractivity contribution in [1.82, 2.24) is 4.31 Å². The minimum absolute atomic E-state index is 0.0928. The second kappa shape index (κ2) is 6.20. The van der Waals surface area contributed by atoms with Gasteiger partial charge in [-0.05, 0) is 47.7 Å². The number of thiophene rings is 1. The Morgan fingerprint density at radius 3 is 2.47 bits per heavy atom. The Labute approximate surface area is 136 Å². The van der Waals surface area contributed by atoms with Gasteiger partial charge in [-0.3, -0.25) is 0 Å². The molecule has 0 saturated carbocycles. The molecule has 0 radical (unpaired) electrons. The van der Waals surface area contributed by atoms with Crippen LogP contribution in [0.3, 0.4) is 0 Å². The molecule has 1 unspecified atom stereocenters. The number of piperidine rings is 1. The van der Waals surface area contributed by atoms with Gasteiger partial charge in [-0.15, -0.1) is 22.9 Å². The highest BCUT2D eigenvalue weighted by molar-refractivity contribution is 9.11. The summed E-state index contributed by atoms with van der Waals surface area (Å²) in [6.45, 7) is 3.01. The van der Waals surface area contributed by atoms with E-state index in [1.807, 2.05) is 6.92 Å². The Morgan fingerprint density at radius 2 is 2.05 bits per heavy atom. The van der Waals surface area contributed by atoms with Crippen molar-refractivity contribution in [1.29, 1.82) is 0 Å². The molecule has 0 N–H and O–H groups in total. The van der Waals surface area contributed by atoms with E-state index in [2.05, 4.69) is 15.9 Å². The molecule has 2 rings (SSSR count). The first-order valence-electron chi connectivity index (χ1n) is 5.91. The van der Waals surface area contributed by atoms with Crippen LogP contribution in [0.5, 0.6) is 0 Å². The minimum atomic E-state index is -3.42. The van der Waals surface area contributed by atoms with Crippen LogP contribution in [0.15, 0.2) is 14.1 Å². The SMILES string of the molecule is CC(Cl)C1CCN(S(=O)(=O)c2cc(Cl)c(Br)s2)CC1. The van der Waals surface area contributed by atoms with Crippen LogP contribution in [-0.2, 0) is 10.0 Å². The summed E-state index contributed by atoms with van der Waals surface area (Å²) in [6, 6.07) is 1.50. The van der Waals surface area contributed by atoms with Crippen molar-refractivity contribution in [3.8, 4) is 0 Å². The molecule has 1 aliphatic heterocycles. The van der Waals surface area contributed by atoms with Crippen molar-refractivity contribution in [2.24, 2.45) is 5.92 Å². The zero-order valence-electron chi connectivity index (χ0n) is 10.3. The second-order valence-corrected chi connectivity index (χ2v) is 10.2. The van der Waals surface area contributed by atoms with Crippen molar-refractivity contribution in [2.75, 3.05) is 13.1 Å². The topological polar surface area (TPSA) is 37.4 Å². The summed E-state index contributed by atoms with van der Waals surface area (Å²) in [7, 11) is -3.42. The summed E-state index contributed by atoms with van der Waals surface area (Å²) >= 11 is 16.4. The van der Waals surface area contributed by atoms with E-state index in [9.17, 15) is 8.42 Å². The third-order valence-electron chi connectivity index (χ3n) is 3.36. The Balaban J connectivity index is 2.14. The first-order chi connectivity index (χ1) is 8.82. The quantitative estimate of drug-likeness (QED) is 0.705. The molecule has 1 fully saturated rings. The van der Waals surface area contributed by atoms with Crippen LogP contribution in [0.1, 0.15) is 19.8 Å². The molecular weight excluding hydrogens is 393 g/mol. The lowest BCUT2D eigenvalue weighted by Crippen LogP contribution is -2.39. The van der Waals surface area contributed by atoms with E-state index >= 15 is 0 Å². The van der Waals surface area contributed by atoms with Crippen molar-refractivity contribution < 1.29 is 8.42 Å². The van der Waals surface area contributed by atoms with Gasteiger partial charge in [0.15, 0.2) is 0 Å². The summed E-state index contributed by atoms with van der Waals surface area (Å²) in [6.07, 6.45) is 1.62. The monoisotopic (exact) mass is 405 g/mol. The molecule has 0 spiro atoms. The molecule has 0 aliphatic carbocycles. The number of nitrogens with zero attached hydrogens (tertiary/aromatic N) is 1. The first kappa shape index (κ1) is 16.0. The average Bonchev–Trinajstić information content (AvgIpc) is 2.70. The van der Waals surface area contributed by atoms with Crippen LogP contribution < -0.4 is 0 Å². The van der Waals surface area contributed by atoms with Crippen molar-refractivity contribution in [3.05, 3.63) is 14.9 Å². The lowest BCUT2D eigenvalue weighted by atomic mass is 9.95. The third kappa shape index (κ3) is 3.47. The summed E-state index contributed by atoms with van der Waals surface area (Å²) < 4.78 is 27.4. The molecule has 108 valence electrons. The van der Waals surface area contributed by atoms with Crippen LogP contribution in [0.25, 0.3) is 0 Å². The zero-order chi connectivity index (χ0) is 14.2. The van der Waals surface area contributed by atoms with Crippen LogP contribution >= 0.6 is 50.5 Å². The fourth-order valence-corrected chi connectivity index (χ4v) is 6.43. The molecule has 1 saturated heterocycles. The number of sulfonamides is 1. The van der Waals surface area contributed by atoms with Crippen LogP contribution in [-0.4, -0.2) is 31.2 Å². The van der Waals surface area contributed by atoms with Gasteiger partial charge >= 0.3 is 0 Å². The summed E-state index contributed by atoms with van der Waals surface area (Å²) in [4.78, 5) is 0. The van der Waals surface area contributed by atoms with E-state index in [0.29, 0.717) is 32.0 Å². The Morgan fingerprint density at radius 1 is 1.47 bits per heavy atom. The number of hydrogen-bond donors (Lipinski definition) is 0. The van der Waals surface area contributed by atoms with Crippen molar-refractivity contribution in [2.45, 2.75) is 29.4 Å². The molecule has 3 nitrogen and oxygen atoms in total. The van der Waals surface area contributed by atoms with E-state index in [1.54, 1.807) is 0 Å². The third-order valence-corrected chi connectivity index (χ3v) is 8.54. The van der Waals surface area contributed by atoms with Gasteiger partial charge in [-0.25, -0.2) is 8.42 Å². The van der Waals surface area contributed by atoms with Gasteiger partial charge in [0.05, 0.1) is 8.81 Å². The standard InChI is InChI=1S/C11H14BrCl2NO2S2/c1-7(13)8-2-4-15(5-3-8)19(16,17)10-6-9(14)11(12)18-10/h6-8H,2-5H2,1H3. The van der Waals surface area contributed by atoms with Crippen LogP contribution in [0.4, 0.5) is 0 Å². The largest absolute Gasteiger partial charge is 0.252 e. The van der Waals surface area contributed by atoms with Gasteiger partial charge in [0.2, 0.25) is 0 Å². The Bertz CT molecular complexity index is 532. The zero-order valence-corrected chi connectivity index (χ0v) is 15.0. The fraction of sp³-hybridized carbons (Fsp3) is 0.636. The van der Waals surface area contributed by atoms with Gasteiger partial charge in [0.1, 0.15) is 4.21 Å². The van der Waals surface area contributed by atoms with Gasteiger partial charge in [-0.1, -0.05) is 11.6 Å². The van der Waals surface area contributed by atoms with Crippen molar-refractivity contribution >= 4 is 60.5 Å². The summed E-state index contributed by atoms with van der Waals surface area (Å²) in [5, 5.41) is 0.531. The molecule has 0 bridgehead atoms. The maximum Gasteiger partial charge on any atom is 0.252 e. The van der Waals surface area contributed by atoms with Crippen molar-refractivity contribution in [3.63, 3.8) is 0 Å². The van der Waals surface area contributed by atoms with Gasteiger partial charge in [-0.2, -0.15) is 4.31 Å². The molecule has 8 heteroatoms. The lowest BCUT2D eigenvalue weighted by molar-refractivity contribution is 0.272. The molecule has 0 aromatic carbocycles. The normalized spacial score (nSPS) is 20.6. The van der Waals surface area contributed by atoms with E-state index < -0.39 is 10.0 Å². The van der Waals surface area contributed by atoms with Gasteiger partial charge < -0.3 is 0 Å². The molecule has 1 aliphatic rings. The fourth-order valence-electron chi connectivity index (χ4n) is 2.16. The maximum atomic E-state index is 12.5. The van der Waals surface area contributed by atoms with Gasteiger partial charge in [0.25, 0.3) is 10.0 Å². The van der Waals surface area contributed by atoms with E-state index in [4.69, 9.17) is 23.2 Å². The molecule has 1 atom stereocenters. The van der Waals surface area contributed by atoms with E-state index in [1.165, 1.54) is 10.4 Å². The minimum Gasteiger partial charge on any atom is -0.206 e. The van der Waals surface area contributed by atoms with E-state index in [0.717, 1.165) is 24.2 Å². The molecule has 1 aromatic heterocycles. The molecule has 2 heterocycles. The number of hydrogen-bond acceptors (Lipinski definition) is 3. The highest BCUT2D eigenvalue weighted by Gasteiger charge is 2.32. The Hall–Kier alpha value is 0.670. The predicted octanol–water partition coefficient (Wildman–Crippen LogP) is 4.19. The Kier molecular flexibility index (Phi) is 5.23. The first-order valence-corrected chi connectivity index (χ1v) is 9.78. The summed E-state index contributed by atoms with van der Waals surface area (Å²) in [5.41, 5.74) is 0. The predicted molar refractivity (Wildman–Crippen MR) is 83.8 cm³/mol. The van der Waals surface area contributed by atoms with Gasteiger partial charge in [0, 0.05) is 18.5 Å². The molecule has 19 heavy (non-hydrogen) atoms. The molecule has 0 amide bonds. The van der Waals surface area contributed by atoms with E-state index in [-0.39, 0.29) is 5.38 Å². The van der Waals surface area contributed by atoms with Crippen LogP contribution in [0.2, 0.25) is 5.02 Å². The summed E-state index contributed by atoms with van der Waals surface area (Å²) in [5.74, 6) is 0.395.